The van der Waals surface area contributed by atoms with Gasteiger partial charge >= 0.3 is 5.69 Å². The molecule has 1 aromatic carbocycles. The topological polar surface area (TPSA) is 63.4 Å². The maximum Gasteiger partial charge on any atom is 0.305 e. The number of halogens is 2. The smallest absolute Gasteiger partial charge is 0.305 e. The zero-order chi connectivity index (χ0) is 15.1. The number of nitro benzene ring substituents is 1. The molecule has 3 rings (SSSR count). The monoisotopic (exact) mass is 296 g/mol. The van der Waals surface area contributed by atoms with Crippen molar-refractivity contribution in [2.24, 2.45) is 5.92 Å². The molecule has 0 spiro atoms. The molecule has 0 saturated heterocycles. The summed E-state index contributed by atoms with van der Waals surface area (Å²) in [5, 5.41) is 10.7. The number of nitrogens with zero attached hydrogens (tertiary/aromatic N) is 2. The summed E-state index contributed by atoms with van der Waals surface area (Å²) in [6, 6.07) is 1.52. The maximum absolute atomic E-state index is 14.1. The second-order valence-electron chi connectivity index (χ2n) is 5.64. The summed E-state index contributed by atoms with van der Waals surface area (Å²) in [6.07, 6.45) is 3.65. The van der Waals surface area contributed by atoms with Gasteiger partial charge < -0.3 is 4.90 Å². The first-order chi connectivity index (χ1) is 9.99. The zero-order valence-electron chi connectivity index (χ0n) is 11.2. The van der Waals surface area contributed by atoms with Crippen LogP contribution in [0.25, 0.3) is 0 Å². The van der Waals surface area contributed by atoms with Crippen LogP contribution < -0.4 is 0 Å². The lowest BCUT2D eigenvalue weighted by molar-refractivity contribution is -0.387. The van der Waals surface area contributed by atoms with Crippen molar-refractivity contribution in [2.45, 2.75) is 31.7 Å². The Bertz CT molecular complexity index is 612. The molecule has 2 aliphatic rings. The van der Waals surface area contributed by atoms with E-state index in [1.165, 1.54) is 4.90 Å². The summed E-state index contributed by atoms with van der Waals surface area (Å²) in [7, 11) is 0. The van der Waals surface area contributed by atoms with E-state index in [1.807, 2.05) is 0 Å². The van der Waals surface area contributed by atoms with Gasteiger partial charge in [0.15, 0.2) is 0 Å². The maximum atomic E-state index is 14.1. The predicted octanol–water partition coefficient (Wildman–Crippen LogP) is 2.89. The number of hydrogen-bond acceptors (Lipinski definition) is 3. The van der Waals surface area contributed by atoms with Crippen LogP contribution in [-0.2, 0) is 0 Å². The minimum atomic E-state index is -1.38. The second-order valence-corrected chi connectivity index (χ2v) is 5.64. The number of rotatable bonds is 5. The van der Waals surface area contributed by atoms with Crippen LogP contribution >= 0.6 is 0 Å². The number of amides is 1. The van der Waals surface area contributed by atoms with Gasteiger partial charge in [-0.2, -0.15) is 4.39 Å². The van der Waals surface area contributed by atoms with Crippen LogP contribution in [0.15, 0.2) is 12.1 Å². The van der Waals surface area contributed by atoms with Crippen molar-refractivity contribution in [3.8, 4) is 0 Å². The highest BCUT2D eigenvalue weighted by Crippen LogP contribution is 2.36. The van der Waals surface area contributed by atoms with Crippen LogP contribution in [0.4, 0.5) is 14.5 Å². The average molecular weight is 296 g/mol. The van der Waals surface area contributed by atoms with E-state index in [1.54, 1.807) is 0 Å². The Labute approximate surface area is 119 Å². The van der Waals surface area contributed by atoms with Crippen molar-refractivity contribution in [1.82, 2.24) is 4.90 Å². The first-order valence-electron chi connectivity index (χ1n) is 6.92. The molecule has 7 heteroatoms. The quantitative estimate of drug-likeness (QED) is 0.620. The average Bonchev–Trinajstić information content (AvgIpc) is 3.28. The summed E-state index contributed by atoms with van der Waals surface area (Å²) in [6.45, 7) is 0.477. The van der Waals surface area contributed by atoms with Crippen LogP contribution in [0.2, 0.25) is 0 Å². The van der Waals surface area contributed by atoms with Crippen LogP contribution in [0.3, 0.4) is 0 Å². The molecule has 2 saturated carbocycles. The third kappa shape index (κ3) is 2.72. The third-order valence-electron chi connectivity index (χ3n) is 3.88. The van der Waals surface area contributed by atoms with E-state index in [2.05, 4.69) is 0 Å². The molecular weight excluding hydrogens is 282 g/mol. The summed E-state index contributed by atoms with van der Waals surface area (Å²) in [4.78, 5) is 23.7. The van der Waals surface area contributed by atoms with Gasteiger partial charge in [0.2, 0.25) is 5.82 Å². The number of carbonyl (C=O) groups is 1. The van der Waals surface area contributed by atoms with Crippen molar-refractivity contribution in [2.75, 3.05) is 6.54 Å². The summed E-state index contributed by atoms with van der Waals surface area (Å²) >= 11 is 0. The highest BCUT2D eigenvalue weighted by atomic mass is 19.1. The van der Waals surface area contributed by atoms with E-state index < -0.39 is 33.7 Å². The molecule has 0 unspecified atom stereocenters. The molecule has 0 radical (unpaired) electrons. The summed E-state index contributed by atoms with van der Waals surface area (Å²) in [5.41, 5.74) is -1.68. The number of hydrogen-bond donors (Lipinski definition) is 0. The van der Waals surface area contributed by atoms with Crippen LogP contribution in [0.5, 0.6) is 0 Å². The molecule has 0 aromatic heterocycles. The van der Waals surface area contributed by atoms with E-state index in [9.17, 15) is 23.7 Å². The van der Waals surface area contributed by atoms with Crippen LogP contribution in [0.1, 0.15) is 36.0 Å². The Balaban J connectivity index is 1.95. The molecule has 5 nitrogen and oxygen atoms in total. The SMILES string of the molecule is O=C(c1c(F)ccc([N+](=O)[O-])c1F)N(CC1CC1)C1CC1. The van der Waals surface area contributed by atoms with E-state index >= 15 is 0 Å². The number of carbonyl (C=O) groups excluding carboxylic acids is 1. The van der Waals surface area contributed by atoms with Crippen molar-refractivity contribution in [3.05, 3.63) is 39.4 Å². The van der Waals surface area contributed by atoms with Crippen molar-refractivity contribution in [3.63, 3.8) is 0 Å². The molecule has 0 bridgehead atoms. The lowest BCUT2D eigenvalue weighted by Crippen LogP contribution is -2.36. The molecule has 0 N–H and O–H groups in total. The molecule has 2 aliphatic carbocycles. The van der Waals surface area contributed by atoms with Gasteiger partial charge in [0.25, 0.3) is 5.91 Å². The molecule has 0 heterocycles. The first kappa shape index (κ1) is 13.9. The van der Waals surface area contributed by atoms with Gasteiger partial charge in [-0.25, -0.2) is 4.39 Å². The van der Waals surface area contributed by atoms with Crippen molar-refractivity contribution < 1.29 is 18.5 Å². The summed E-state index contributed by atoms with van der Waals surface area (Å²) < 4.78 is 27.9. The lowest BCUT2D eigenvalue weighted by atomic mass is 10.1. The fourth-order valence-corrected chi connectivity index (χ4v) is 2.38. The highest BCUT2D eigenvalue weighted by molar-refractivity contribution is 5.96. The Morgan fingerprint density at radius 3 is 2.48 bits per heavy atom. The fraction of sp³-hybridized carbons (Fsp3) is 0.500. The predicted molar refractivity (Wildman–Crippen MR) is 69.8 cm³/mol. The van der Waals surface area contributed by atoms with E-state index in [-0.39, 0.29) is 6.04 Å². The normalized spacial score (nSPS) is 17.6. The Hall–Kier alpha value is -2.05. The molecule has 0 atom stereocenters. The number of nitro groups is 1. The minimum Gasteiger partial charge on any atom is -0.335 e. The molecule has 1 amide bonds. The van der Waals surface area contributed by atoms with Crippen molar-refractivity contribution >= 4 is 11.6 Å². The van der Waals surface area contributed by atoms with Crippen LogP contribution in [0, 0.1) is 27.7 Å². The largest absolute Gasteiger partial charge is 0.335 e. The Morgan fingerprint density at radius 2 is 1.95 bits per heavy atom. The van der Waals surface area contributed by atoms with Crippen molar-refractivity contribution in [1.29, 1.82) is 0 Å². The molecule has 112 valence electrons. The van der Waals surface area contributed by atoms with Gasteiger partial charge in [-0.15, -0.1) is 0 Å². The van der Waals surface area contributed by atoms with E-state index in [0.29, 0.717) is 12.5 Å². The lowest BCUT2D eigenvalue weighted by Gasteiger charge is -2.22. The molecular formula is C14H14F2N2O3. The summed E-state index contributed by atoms with van der Waals surface area (Å²) in [5.74, 6) is -2.82. The van der Waals surface area contributed by atoms with Gasteiger partial charge in [-0.3, -0.25) is 14.9 Å². The first-order valence-corrected chi connectivity index (χ1v) is 6.92. The fourth-order valence-electron chi connectivity index (χ4n) is 2.38. The number of benzene rings is 1. The molecule has 21 heavy (non-hydrogen) atoms. The van der Waals surface area contributed by atoms with Crippen LogP contribution in [-0.4, -0.2) is 28.3 Å². The van der Waals surface area contributed by atoms with E-state index in [0.717, 1.165) is 37.8 Å². The third-order valence-corrected chi connectivity index (χ3v) is 3.88. The van der Waals surface area contributed by atoms with Gasteiger partial charge in [-0.1, -0.05) is 0 Å². The molecule has 1 aromatic rings. The van der Waals surface area contributed by atoms with E-state index in [4.69, 9.17) is 0 Å². The van der Waals surface area contributed by atoms with Gasteiger partial charge in [0.1, 0.15) is 11.4 Å². The Morgan fingerprint density at radius 1 is 1.29 bits per heavy atom. The van der Waals surface area contributed by atoms with Gasteiger partial charge in [0, 0.05) is 18.7 Å². The standard InChI is InChI=1S/C14H14F2N2O3/c15-10-5-6-11(18(20)21)13(16)12(10)14(19)17(9-3-4-9)7-8-1-2-8/h5-6,8-9H,1-4,7H2. The van der Waals surface area contributed by atoms with Gasteiger partial charge in [-0.05, 0) is 37.7 Å². The van der Waals surface area contributed by atoms with Gasteiger partial charge in [0.05, 0.1) is 4.92 Å². The Kier molecular flexibility index (Phi) is 3.35. The minimum absolute atomic E-state index is 0.0103. The molecule has 0 aliphatic heterocycles. The second kappa shape index (κ2) is 5.05. The zero-order valence-corrected chi connectivity index (χ0v) is 11.2. The highest BCUT2D eigenvalue weighted by Gasteiger charge is 2.39. The molecule has 2 fully saturated rings.